The van der Waals surface area contributed by atoms with Gasteiger partial charge in [0.2, 0.25) is 0 Å². The number of nitrogens with zero attached hydrogens (tertiary/aromatic N) is 3. The molecule has 2 N–H and O–H groups in total. The summed E-state index contributed by atoms with van der Waals surface area (Å²) in [5.74, 6) is 0. The van der Waals surface area contributed by atoms with E-state index >= 15 is 0 Å². The summed E-state index contributed by atoms with van der Waals surface area (Å²) >= 11 is 0. The maximum atomic E-state index is 10.5. The van der Waals surface area contributed by atoms with Gasteiger partial charge in [-0.15, -0.1) is 0 Å². The second kappa shape index (κ2) is 6.24. The highest BCUT2D eigenvalue weighted by molar-refractivity contribution is 5.84. The van der Waals surface area contributed by atoms with Gasteiger partial charge in [-0.1, -0.05) is 6.07 Å². The van der Waals surface area contributed by atoms with E-state index in [0.29, 0.717) is 17.1 Å². The number of nitro benzene ring substituents is 1. The van der Waals surface area contributed by atoms with Crippen LogP contribution < -0.4 is 5.73 Å². The molecule has 0 unspecified atom stereocenters. The Morgan fingerprint density at radius 3 is 2.60 bits per heavy atom. The number of nitrogens with two attached hydrogens (primary N) is 1. The molecular weight excluding hydrogens is 256 g/mol. The van der Waals surface area contributed by atoms with Gasteiger partial charge in [-0.05, 0) is 30.3 Å². The third kappa shape index (κ3) is 3.49. The van der Waals surface area contributed by atoms with Crippen molar-refractivity contribution in [2.75, 3.05) is 0 Å². The fourth-order valence-corrected chi connectivity index (χ4v) is 1.48. The van der Waals surface area contributed by atoms with E-state index in [9.17, 15) is 10.1 Å². The standard InChI is InChI=1S/C14H12N4O2/c15-13(14-3-1-2-9-17-14)8-10-16-11-4-6-12(7-5-11)18(19)20/h1-10H,15H2. The molecule has 6 heteroatoms. The van der Waals surface area contributed by atoms with E-state index in [2.05, 4.69) is 9.98 Å². The summed E-state index contributed by atoms with van der Waals surface area (Å²) in [6.07, 6.45) is 4.82. The van der Waals surface area contributed by atoms with E-state index in [1.54, 1.807) is 30.5 Å². The van der Waals surface area contributed by atoms with Crippen molar-refractivity contribution in [3.8, 4) is 0 Å². The lowest BCUT2D eigenvalue weighted by Crippen LogP contribution is -1.98. The zero-order valence-electron chi connectivity index (χ0n) is 10.5. The summed E-state index contributed by atoms with van der Waals surface area (Å²) in [5, 5.41) is 10.5. The first-order valence-electron chi connectivity index (χ1n) is 5.82. The van der Waals surface area contributed by atoms with Crippen LogP contribution in [0.2, 0.25) is 0 Å². The van der Waals surface area contributed by atoms with Crippen LogP contribution in [0, 0.1) is 10.1 Å². The molecule has 20 heavy (non-hydrogen) atoms. The average Bonchev–Trinajstić information content (AvgIpc) is 2.48. The second-order valence-electron chi connectivity index (χ2n) is 3.89. The summed E-state index contributed by atoms with van der Waals surface area (Å²) in [6, 6.07) is 11.4. The number of pyridine rings is 1. The van der Waals surface area contributed by atoms with Crippen LogP contribution in [0.25, 0.3) is 5.70 Å². The van der Waals surface area contributed by atoms with Gasteiger partial charge >= 0.3 is 0 Å². The van der Waals surface area contributed by atoms with Gasteiger partial charge in [0.1, 0.15) is 0 Å². The first kappa shape index (κ1) is 13.4. The van der Waals surface area contributed by atoms with Crippen LogP contribution in [0.15, 0.2) is 59.7 Å². The minimum atomic E-state index is -0.452. The quantitative estimate of drug-likeness (QED) is 0.524. The summed E-state index contributed by atoms with van der Waals surface area (Å²) in [7, 11) is 0. The van der Waals surface area contributed by atoms with Crippen LogP contribution in [0.1, 0.15) is 5.69 Å². The van der Waals surface area contributed by atoms with Gasteiger partial charge in [0.15, 0.2) is 0 Å². The Bertz CT molecular complexity index is 649. The van der Waals surface area contributed by atoms with E-state index in [1.165, 1.54) is 18.3 Å². The van der Waals surface area contributed by atoms with Crippen molar-refractivity contribution in [1.29, 1.82) is 0 Å². The molecule has 0 aliphatic rings. The fraction of sp³-hybridized carbons (Fsp3) is 0. The predicted molar refractivity (Wildman–Crippen MR) is 77.6 cm³/mol. The molecule has 6 nitrogen and oxygen atoms in total. The lowest BCUT2D eigenvalue weighted by molar-refractivity contribution is -0.384. The van der Waals surface area contributed by atoms with Crippen molar-refractivity contribution in [1.82, 2.24) is 4.98 Å². The number of rotatable bonds is 4. The fourth-order valence-electron chi connectivity index (χ4n) is 1.48. The van der Waals surface area contributed by atoms with Crippen LogP contribution in [-0.4, -0.2) is 16.1 Å². The maximum Gasteiger partial charge on any atom is 0.269 e. The molecule has 1 heterocycles. The van der Waals surface area contributed by atoms with Crippen molar-refractivity contribution < 1.29 is 4.92 Å². The molecule has 0 saturated carbocycles. The highest BCUT2D eigenvalue weighted by atomic mass is 16.6. The molecule has 2 rings (SSSR count). The maximum absolute atomic E-state index is 10.5. The van der Waals surface area contributed by atoms with E-state index in [-0.39, 0.29) is 5.69 Å². The van der Waals surface area contributed by atoms with E-state index in [1.807, 2.05) is 12.1 Å². The Morgan fingerprint density at radius 2 is 2.00 bits per heavy atom. The topological polar surface area (TPSA) is 94.4 Å². The lowest BCUT2D eigenvalue weighted by Gasteiger charge is -1.97. The van der Waals surface area contributed by atoms with Gasteiger partial charge in [-0.3, -0.25) is 20.1 Å². The van der Waals surface area contributed by atoms with Crippen LogP contribution in [0.5, 0.6) is 0 Å². The highest BCUT2D eigenvalue weighted by Crippen LogP contribution is 2.17. The zero-order chi connectivity index (χ0) is 14.4. The van der Waals surface area contributed by atoms with Crippen molar-refractivity contribution in [2.24, 2.45) is 10.7 Å². The van der Waals surface area contributed by atoms with Gasteiger partial charge in [-0.2, -0.15) is 0 Å². The number of benzene rings is 1. The third-order valence-corrected chi connectivity index (χ3v) is 2.50. The third-order valence-electron chi connectivity index (χ3n) is 2.50. The predicted octanol–water partition coefficient (Wildman–Crippen LogP) is 2.69. The van der Waals surface area contributed by atoms with Crippen molar-refractivity contribution in [2.45, 2.75) is 0 Å². The summed E-state index contributed by atoms with van der Waals surface area (Å²) in [5.41, 5.74) is 7.65. The first-order chi connectivity index (χ1) is 9.66. The Balaban J connectivity index is 2.08. The average molecular weight is 268 g/mol. The van der Waals surface area contributed by atoms with Crippen LogP contribution in [-0.2, 0) is 0 Å². The molecule has 0 fully saturated rings. The molecule has 0 spiro atoms. The molecule has 2 aromatic rings. The van der Waals surface area contributed by atoms with Crippen molar-refractivity contribution >= 4 is 23.3 Å². The van der Waals surface area contributed by atoms with Crippen molar-refractivity contribution in [3.05, 3.63) is 70.5 Å². The van der Waals surface area contributed by atoms with Crippen LogP contribution in [0.4, 0.5) is 11.4 Å². The smallest absolute Gasteiger partial charge is 0.269 e. The molecule has 100 valence electrons. The summed E-state index contributed by atoms with van der Waals surface area (Å²) in [4.78, 5) is 18.3. The number of hydrogen-bond acceptors (Lipinski definition) is 5. The number of aliphatic imine (C=N–C) groups is 1. The summed E-state index contributed by atoms with van der Waals surface area (Å²) in [6.45, 7) is 0. The van der Waals surface area contributed by atoms with Crippen LogP contribution in [0.3, 0.4) is 0 Å². The van der Waals surface area contributed by atoms with Crippen LogP contribution >= 0.6 is 0 Å². The van der Waals surface area contributed by atoms with Gasteiger partial charge in [-0.25, -0.2) is 0 Å². The van der Waals surface area contributed by atoms with Gasteiger partial charge < -0.3 is 5.73 Å². The first-order valence-corrected chi connectivity index (χ1v) is 5.82. The van der Waals surface area contributed by atoms with E-state index < -0.39 is 4.92 Å². The molecule has 0 saturated heterocycles. The number of non-ortho nitro benzene ring substituents is 1. The molecule has 0 aliphatic heterocycles. The second-order valence-corrected chi connectivity index (χ2v) is 3.89. The normalized spacial score (nSPS) is 11.7. The molecule has 1 aromatic carbocycles. The van der Waals surface area contributed by atoms with Gasteiger partial charge in [0.25, 0.3) is 5.69 Å². The van der Waals surface area contributed by atoms with Crippen molar-refractivity contribution in [3.63, 3.8) is 0 Å². The molecule has 0 amide bonds. The number of aromatic nitrogens is 1. The van der Waals surface area contributed by atoms with E-state index in [4.69, 9.17) is 5.73 Å². The Hall–Kier alpha value is -3.02. The Morgan fingerprint density at radius 1 is 1.25 bits per heavy atom. The largest absolute Gasteiger partial charge is 0.397 e. The molecule has 0 aliphatic carbocycles. The number of allylic oxidation sites excluding steroid dienone is 1. The molecule has 1 aromatic heterocycles. The van der Waals surface area contributed by atoms with E-state index in [0.717, 1.165) is 0 Å². The summed E-state index contributed by atoms with van der Waals surface area (Å²) < 4.78 is 0. The minimum Gasteiger partial charge on any atom is -0.397 e. The molecule has 0 bridgehead atoms. The Labute approximate surface area is 115 Å². The SMILES string of the molecule is NC(=CC=Nc1ccc([N+](=O)[O-])cc1)c1ccccn1. The minimum absolute atomic E-state index is 0.0347. The number of hydrogen-bond donors (Lipinski definition) is 1. The zero-order valence-corrected chi connectivity index (χ0v) is 10.5. The molecular formula is C14H12N4O2. The van der Waals surface area contributed by atoms with Gasteiger partial charge in [0, 0.05) is 24.5 Å². The Kier molecular flexibility index (Phi) is 4.18. The van der Waals surface area contributed by atoms with Gasteiger partial charge in [0.05, 0.1) is 22.0 Å². The number of nitro groups is 1. The molecule has 0 radical (unpaired) electrons. The monoisotopic (exact) mass is 268 g/mol. The lowest BCUT2D eigenvalue weighted by atomic mass is 10.2. The highest BCUT2D eigenvalue weighted by Gasteiger charge is 2.02. The molecule has 0 atom stereocenters.